The van der Waals surface area contributed by atoms with Gasteiger partial charge in [0.05, 0.1) is 0 Å². The number of nitrogens with two attached hydrogens (primary N) is 1. The Morgan fingerprint density at radius 1 is 1.06 bits per heavy atom. The molecule has 0 radical (unpaired) electrons. The van der Waals surface area contributed by atoms with Gasteiger partial charge < -0.3 is 10.2 Å². The van der Waals surface area contributed by atoms with E-state index in [2.05, 4.69) is 10.3 Å². The molecule has 7 nitrogen and oxygen atoms in total. The van der Waals surface area contributed by atoms with Gasteiger partial charge in [-0.3, -0.25) is 15.0 Å². The number of hydrogen-bond donors (Lipinski definition) is 2. The molecule has 3 aromatic carbocycles. The number of rotatable bonds is 4. The average Bonchev–Trinajstić information content (AvgIpc) is 3.21. The lowest BCUT2D eigenvalue weighted by atomic mass is 10.0. The Kier molecular flexibility index (Phi) is 5.32. The van der Waals surface area contributed by atoms with Crippen molar-refractivity contribution < 1.29 is 9.21 Å². The third-order valence-corrected chi connectivity index (χ3v) is 5.72. The number of oxazole rings is 1. The highest BCUT2D eigenvalue weighted by atomic mass is 35.5. The number of aromatic nitrogens is 1. The molecule has 1 unspecified atom stereocenters. The summed E-state index contributed by atoms with van der Waals surface area (Å²) in [5.41, 5.74) is 9.84. The Morgan fingerprint density at radius 2 is 1.79 bits per heavy atom. The summed E-state index contributed by atoms with van der Waals surface area (Å²) in [5, 5.41) is 3.86. The molecule has 1 aliphatic rings. The van der Waals surface area contributed by atoms with E-state index in [0.717, 1.165) is 22.5 Å². The molecule has 1 aliphatic heterocycles. The van der Waals surface area contributed by atoms with Gasteiger partial charge in [-0.15, -0.1) is 0 Å². The summed E-state index contributed by atoms with van der Waals surface area (Å²) in [7, 11) is 0. The Balaban J connectivity index is 1.57. The molecule has 0 bridgehead atoms. The number of carbonyl (C=O) groups excluding carboxylic acids is 1. The van der Waals surface area contributed by atoms with E-state index in [1.54, 1.807) is 12.1 Å². The molecule has 33 heavy (non-hydrogen) atoms. The highest BCUT2D eigenvalue weighted by molar-refractivity contribution is 6.31. The maximum Gasteiger partial charge on any atom is 0.302 e. The van der Waals surface area contributed by atoms with E-state index in [1.165, 1.54) is 0 Å². The molecular formula is C25H20ClN5O2. The molecule has 4 aromatic rings. The number of amides is 1. The van der Waals surface area contributed by atoms with Crippen molar-refractivity contribution >= 4 is 46.3 Å². The minimum absolute atomic E-state index is 0.299. The molecule has 0 fully saturated rings. The number of guanidine groups is 1. The minimum atomic E-state index is -0.482. The number of hydrogen-bond acceptors (Lipinski definition) is 6. The Morgan fingerprint density at radius 3 is 2.52 bits per heavy atom. The van der Waals surface area contributed by atoms with Crippen molar-refractivity contribution in [2.45, 2.75) is 13.0 Å². The maximum atomic E-state index is 11.5. The van der Waals surface area contributed by atoms with Crippen LogP contribution in [-0.4, -0.2) is 16.9 Å². The van der Waals surface area contributed by atoms with Crippen LogP contribution >= 0.6 is 11.6 Å². The first-order chi connectivity index (χ1) is 16.0. The second-order valence-corrected chi connectivity index (χ2v) is 7.99. The summed E-state index contributed by atoms with van der Waals surface area (Å²) < 4.78 is 5.87. The van der Waals surface area contributed by atoms with Crippen LogP contribution < -0.4 is 16.0 Å². The largest absolute Gasteiger partial charge is 0.423 e. The van der Waals surface area contributed by atoms with Gasteiger partial charge in [-0.25, -0.2) is 4.99 Å². The molecule has 1 amide bonds. The summed E-state index contributed by atoms with van der Waals surface area (Å²) in [5.74, 6) is 0.0306. The highest BCUT2D eigenvalue weighted by Gasteiger charge is 2.26. The fraction of sp³-hybridized carbons (Fsp3) is 0.0800. The van der Waals surface area contributed by atoms with E-state index >= 15 is 0 Å². The zero-order valence-electron chi connectivity index (χ0n) is 17.7. The lowest BCUT2D eigenvalue weighted by molar-refractivity contribution is 0.100. The van der Waals surface area contributed by atoms with Crippen molar-refractivity contribution in [2.75, 3.05) is 10.2 Å². The second kappa shape index (κ2) is 8.44. The first kappa shape index (κ1) is 20.8. The number of para-hydroxylation sites is 2. The molecule has 0 saturated carbocycles. The quantitative estimate of drug-likeness (QED) is 0.421. The van der Waals surface area contributed by atoms with Crippen LogP contribution in [0.15, 0.2) is 94.0 Å². The molecule has 0 spiro atoms. The first-order valence-electron chi connectivity index (χ1n) is 10.3. The van der Waals surface area contributed by atoms with Crippen molar-refractivity contribution in [2.24, 2.45) is 10.7 Å². The number of nitrogens with zero attached hydrogens (tertiary/aromatic N) is 3. The van der Waals surface area contributed by atoms with Crippen molar-refractivity contribution in [3.63, 3.8) is 0 Å². The van der Waals surface area contributed by atoms with E-state index in [9.17, 15) is 4.79 Å². The average molecular weight is 458 g/mol. The molecule has 164 valence electrons. The molecular weight excluding hydrogens is 438 g/mol. The smallest absolute Gasteiger partial charge is 0.302 e. The number of aliphatic imine (C=N–C) groups is 1. The van der Waals surface area contributed by atoms with Gasteiger partial charge in [0.2, 0.25) is 11.9 Å². The van der Waals surface area contributed by atoms with Crippen LogP contribution in [-0.2, 0) is 0 Å². The highest BCUT2D eigenvalue weighted by Crippen LogP contribution is 2.34. The molecule has 8 heteroatoms. The fourth-order valence-corrected chi connectivity index (χ4v) is 4.03. The summed E-state index contributed by atoms with van der Waals surface area (Å²) in [6.07, 6.45) is 2.03. The number of anilines is 2. The normalized spacial score (nSPS) is 15.8. The van der Waals surface area contributed by atoms with E-state index in [4.69, 9.17) is 26.7 Å². The lowest BCUT2D eigenvalue weighted by Gasteiger charge is -2.32. The monoisotopic (exact) mass is 457 g/mol. The van der Waals surface area contributed by atoms with Crippen LogP contribution in [0.3, 0.4) is 0 Å². The molecule has 3 N–H and O–H groups in total. The molecule has 1 aromatic heterocycles. The van der Waals surface area contributed by atoms with Crippen molar-refractivity contribution in [3.05, 3.63) is 101 Å². The van der Waals surface area contributed by atoms with E-state index in [0.29, 0.717) is 28.1 Å². The fourth-order valence-electron chi connectivity index (χ4n) is 3.78. The predicted molar refractivity (Wildman–Crippen MR) is 130 cm³/mol. The van der Waals surface area contributed by atoms with E-state index < -0.39 is 5.91 Å². The zero-order chi connectivity index (χ0) is 22.9. The molecule has 1 atom stereocenters. The Labute approximate surface area is 195 Å². The van der Waals surface area contributed by atoms with Gasteiger partial charge in [-0.05, 0) is 61.0 Å². The van der Waals surface area contributed by atoms with Crippen LogP contribution in [0, 0.1) is 0 Å². The Hall–Kier alpha value is -4.10. The molecule has 0 aliphatic carbocycles. The number of halogens is 1. The van der Waals surface area contributed by atoms with E-state index in [1.807, 2.05) is 78.6 Å². The van der Waals surface area contributed by atoms with Crippen LogP contribution in [0.25, 0.3) is 11.1 Å². The molecule has 2 heterocycles. The van der Waals surface area contributed by atoms with Crippen molar-refractivity contribution in [3.8, 4) is 0 Å². The predicted octanol–water partition coefficient (Wildman–Crippen LogP) is 5.51. The standard InChI is InChI=1S/C25H20ClN5O2/c1-15-14-21(18-6-2-3-7-19(18)26)28-24(30-25-29-20-8-4-5-9-22(20)33-25)31(15)17-12-10-16(11-13-17)23(27)32/h2-14,21H,1H3,(H2,27,32)(H,28,29,30). The first-order valence-corrected chi connectivity index (χ1v) is 10.7. The van der Waals surface area contributed by atoms with Gasteiger partial charge in [-0.2, -0.15) is 4.98 Å². The summed E-state index contributed by atoms with van der Waals surface area (Å²) in [4.78, 5) is 22.9. The zero-order valence-corrected chi connectivity index (χ0v) is 18.5. The summed E-state index contributed by atoms with van der Waals surface area (Å²) in [6, 6.07) is 22.2. The van der Waals surface area contributed by atoms with Gasteiger partial charge in [0.25, 0.3) is 0 Å². The minimum Gasteiger partial charge on any atom is -0.423 e. The van der Waals surface area contributed by atoms with Gasteiger partial charge in [0.15, 0.2) is 5.58 Å². The van der Waals surface area contributed by atoms with Crippen molar-refractivity contribution in [1.82, 2.24) is 4.98 Å². The van der Waals surface area contributed by atoms with Gasteiger partial charge in [0.1, 0.15) is 11.6 Å². The van der Waals surface area contributed by atoms with Crippen molar-refractivity contribution in [1.29, 1.82) is 0 Å². The lowest BCUT2D eigenvalue weighted by Crippen LogP contribution is -2.38. The number of allylic oxidation sites excluding steroid dienone is 1. The SMILES string of the molecule is CC1=CC(c2ccccc2Cl)N=C(Nc2nc3ccccc3o2)N1c1ccc(C(N)=O)cc1. The summed E-state index contributed by atoms with van der Waals surface area (Å²) in [6.45, 7) is 1.98. The topological polar surface area (TPSA) is 96.8 Å². The third kappa shape index (κ3) is 4.06. The number of fused-ring (bicyclic) bond motifs is 1. The molecule has 5 rings (SSSR count). The Bertz CT molecular complexity index is 1370. The number of primary amides is 1. The number of benzene rings is 3. The summed E-state index contributed by atoms with van der Waals surface area (Å²) >= 11 is 6.46. The van der Waals surface area contributed by atoms with Crippen LogP contribution in [0.1, 0.15) is 28.9 Å². The van der Waals surface area contributed by atoms with Gasteiger partial charge in [-0.1, -0.05) is 41.9 Å². The van der Waals surface area contributed by atoms with Gasteiger partial charge >= 0.3 is 6.01 Å². The third-order valence-electron chi connectivity index (χ3n) is 5.37. The van der Waals surface area contributed by atoms with E-state index in [-0.39, 0.29) is 6.04 Å². The number of carbonyl (C=O) groups is 1. The van der Waals surface area contributed by atoms with Gasteiger partial charge in [0, 0.05) is 22.0 Å². The number of nitrogens with one attached hydrogen (secondary N) is 1. The maximum absolute atomic E-state index is 11.5. The molecule has 0 saturated heterocycles. The second-order valence-electron chi connectivity index (χ2n) is 7.59. The van der Waals surface area contributed by atoms with Crippen LogP contribution in [0.4, 0.5) is 11.7 Å². The van der Waals surface area contributed by atoms with Crippen LogP contribution in [0.5, 0.6) is 0 Å². The van der Waals surface area contributed by atoms with Crippen LogP contribution in [0.2, 0.25) is 5.02 Å².